The number of benzene rings is 1. The van der Waals surface area contributed by atoms with Crippen molar-refractivity contribution in [2.75, 3.05) is 0 Å². The molecule has 0 aliphatic heterocycles. The highest BCUT2D eigenvalue weighted by Gasteiger charge is 2.26. The molecule has 0 heterocycles. The standard InChI is InChI=1S/C8H10F2O3Si/c9-7-3-6(4-8(10)5-7)1-2-14(11,12)13/h3-5,11-13H,1-2H2. The van der Waals surface area contributed by atoms with Crippen molar-refractivity contribution < 1.29 is 23.2 Å². The molecule has 0 aliphatic carbocycles. The summed E-state index contributed by atoms with van der Waals surface area (Å²) in [6.07, 6.45) is 0.0321. The molecule has 0 aliphatic rings. The van der Waals surface area contributed by atoms with Crippen LogP contribution in [0.2, 0.25) is 6.04 Å². The highest BCUT2D eigenvalue weighted by molar-refractivity contribution is 6.56. The lowest BCUT2D eigenvalue weighted by molar-refractivity contribution is 0.227. The van der Waals surface area contributed by atoms with Gasteiger partial charge in [0.25, 0.3) is 0 Å². The number of aryl methyl sites for hydroxylation is 1. The van der Waals surface area contributed by atoms with Crippen molar-refractivity contribution in [3.63, 3.8) is 0 Å². The van der Waals surface area contributed by atoms with E-state index >= 15 is 0 Å². The molecule has 0 aromatic heterocycles. The summed E-state index contributed by atoms with van der Waals surface area (Å²) in [5.41, 5.74) is 0.288. The Morgan fingerprint density at radius 2 is 1.50 bits per heavy atom. The van der Waals surface area contributed by atoms with E-state index in [9.17, 15) is 8.78 Å². The molecular weight excluding hydrogens is 210 g/mol. The Kier molecular flexibility index (Phi) is 3.32. The Morgan fingerprint density at radius 1 is 1.00 bits per heavy atom. The second-order valence-corrected chi connectivity index (χ2v) is 5.10. The minimum absolute atomic E-state index is 0.0321. The molecule has 0 bridgehead atoms. The third kappa shape index (κ3) is 3.92. The lowest BCUT2D eigenvalue weighted by atomic mass is 10.2. The van der Waals surface area contributed by atoms with Gasteiger partial charge in [-0.3, -0.25) is 0 Å². The second-order valence-electron chi connectivity index (χ2n) is 3.05. The normalized spacial score (nSPS) is 11.8. The van der Waals surface area contributed by atoms with Gasteiger partial charge in [-0.2, -0.15) is 0 Å². The maximum atomic E-state index is 12.6. The lowest BCUT2D eigenvalue weighted by Crippen LogP contribution is -2.34. The van der Waals surface area contributed by atoms with Crippen LogP contribution in [-0.4, -0.2) is 23.2 Å². The van der Waals surface area contributed by atoms with Gasteiger partial charge in [0, 0.05) is 12.1 Å². The van der Waals surface area contributed by atoms with Crippen molar-refractivity contribution in [2.45, 2.75) is 12.5 Å². The van der Waals surface area contributed by atoms with Gasteiger partial charge >= 0.3 is 8.80 Å². The van der Waals surface area contributed by atoms with Crippen LogP contribution in [0, 0.1) is 11.6 Å². The number of halogens is 2. The zero-order valence-corrected chi connectivity index (χ0v) is 8.24. The fraction of sp³-hybridized carbons (Fsp3) is 0.250. The zero-order valence-electron chi connectivity index (χ0n) is 7.24. The first-order valence-electron chi connectivity index (χ1n) is 3.99. The topological polar surface area (TPSA) is 60.7 Å². The van der Waals surface area contributed by atoms with E-state index in [2.05, 4.69) is 0 Å². The monoisotopic (exact) mass is 220 g/mol. The van der Waals surface area contributed by atoms with Gasteiger partial charge in [0.05, 0.1) is 0 Å². The molecule has 3 N–H and O–H groups in total. The molecule has 1 rings (SSSR count). The molecule has 78 valence electrons. The van der Waals surface area contributed by atoms with Crippen LogP contribution >= 0.6 is 0 Å². The minimum atomic E-state index is -4.12. The smallest absolute Gasteiger partial charge is 0.390 e. The van der Waals surface area contributed by atoms with Crippen molar-refractivity contribution in [2.24, 2.45) is 0 Å². The maximum absolute atomic E-state index is 12.6. The summed E-state index contributed by atoms with van der Waals surface area (Å²) < 4.78 is 25.3. The van der Waals surface area contributed by atoms with E-state index < -0.39 is 20.4 Å². The Morgan fingerprint density at radius 3 is 1.93 bits per heavy atom. The van der Waals surface area contributed by atoms with Crippen molar-refractivity contribution in [1.82, 2.24) is 0 Å². The molecule has 1 aromatic carbocycles. The van der Waals surface area contributed by atoms with Gasteiger partial charge in [0.15, 0.2) is 0 Å². The molecule has 0 radical (unpaired) electrons. The quantitative estimate of drug-likeness (QED) is 0.647. The summed E-state index contributed by atoms with van der Waals surface area (Å²) in [6.45, 7) is 0. The van der Waals surface area contributed by atoms with Crippen LogP contribution in [-0.2, 0) is 6.42 Å². The minimum Gasteiger partial charge on any atom is -0.390 e. The molecule has 1 aromatic rings. The fourth-order valence-electron chi connectivity index (χ4n) is 1.07. The molecule has 0 fully saturated rings. The van der Waals surface area contributed by atoms with Gasteiger partial charge in [0.2, 0.25) is 0 Å². The number of hydrogen-bond acceptors (Lipinski definition) is 3. The van der Waals surface area contributed by atoms with Crippen LogP contribution in [0.15, 0.2) is 18.2 Å². The van der Waals surface area contributed by atoms with Crippen LogP contribution in [0.1, 0.15) is 5.56 Å². The summed E-state index contributed by atoms with van der Waals surface area (Å²) in [5.74, 6) is -1.44. The van der Waals surface area contributed by atoms with Crippen molar-refractivity contribution in [3.05, 3.63) is 35.4 Å². The molecule has 3 nitrogen and oxygen atoms in total. The first-order chi connectivity index (χ1) is 6.37. The molecular formula is C8H10F2O3Si. The van der Waals surface area contributed by atoms with Gasteiger partial charge in [-0.15, -0.1) is 0 Å². The Labute approximate surface area is 80.6 Å². The van der Waals surface area contributed by atoms with Crippen LogP contribution in [0.3, 0.4) is 0 Å². The van der Waals surface area contributed by atoms with E-state index in [1.807, 2.05) is 0 Å². The molecule has 0 unspecified atom stereocenters. The van der Waals surface area contributed by atoms with Gasteiger partial charge in [0.1, 0.15) is 11.6 Å². The summed E-state index contributed by atoms with van der Waals surface area (Å²) in [7, 11) is -4.12. The Bertz CT molecular complexity index is 305. The van der Waals surface area contributed by atoms with Crippen molar-refractivity contribution >= 4 is 8.80 Å². The zero-order chi connectivity index (χ0) is 10.8. The van der Waals surface area contributed by atoms with E-state index in [1.165, 1.54) is 0 Å². The van der Waals surface area contributed by atoms with Crippen molar-refractivity contribution in [3.8, 4) is 0 Å². The highest BCUT2D eigenvalue weighted by atomic mass is 28.4. The first kappa shape index (κ1) is 11.3. The average molecular weight is 220 g/mol. The SMILES string of the molecule is O[Si](O)(O)CCc1cc(F)cc(F)c1. The van der Waals surface area contributed by atoms with Gasteiger partial charge in [-0.25, -0.2) is 8.78 Å². The highest BCUT2D eigenvalue weighted by Crippen LogP contribution is 2.12. The fourth-order valence-corrected chi connectivity index (χ4v) is 1.69. The molecule has 6 heteroatoms. The molecule has 0 spiro atoms. The van der Waals surface area contributed by atoms with E-state index in [0.29, 0.717) is 0 Å². The lowest BCUT2D eigenvalue weighted by Gasteiger charge is -2.08. The Balaban J connectivity index is 2.68. The first-order valence-corrected chi connectivity index (χ1v) is 6.04. The van der Waals surface area contributed by atoms with Crippen LogP contribution in [0.5, 0.6) is 0 Å². The van der Waals surface area contributed by atoms with Gasteiger partial charge in [-0.05, 0) is 24.1 Å². The van der Waals surface area contributed by atoms with Crippen LogP contribution < -0.4 is 0 Å². The van der Waals surface area contributed by atoms with Crippen LogP contribution in [0.25, 0.3) is 0 Å². The summed E-state index contributed by atoms with van der Waals surface area (Å²) in [5, 5.41) is 0. The predicted octanol–water partition coefficient (Wildman–Crippen LogP) is 0.423. The van der Waals surface area contributed by atoms with Gasteiger partial charge < -0.3 is 14.4 Å². The maximum Gasteiger partial charge on any atom is 0.493 e. The molecule has 14 heavy (non-hydrogen) atoms. The Hall–Kier alpha value is -0.823. The van der Waals surface area contributed by atoms with Crippen molar-refractivity contribution in [1.29, 1.82) is 0 Å². The largest absolute Gasteiger partial charge is 0.493 e. The van der Waals surface area contributed by atoms with Crippen LogP contribution in [0.4, 0.5) is 8.78 Å². The number of hydrogen-bond donors (Lipinski definition) is 3. The molecule has 0 atom stereocenters. The molecule has 0 amide bonds. The average Bonchev–Trinajstić information content (AvgIpc) is 1.97. The summed E-state index contributed by atoms with van der Waals surface area (Å²) in [4.78, 5) is 26.0. The van der Waals surface area contributed by atoms with E-state index in [-0.39, 0.29) is 18.0 Å². The predicted molar refractivity (Wildman–Crippen MR) is 47.3 cm³/mol. The van der Waals surface area contributed by atoms with Gasteiger partial charge in [-0.1, -0.05) is 0 Å². The third-order valence-corrected chi connectivity index (χ3v) is 2.59. The second kappa shape index (κ2) is 4.14. The number of rotatable bonds is 3. The molecule has 0 saturated heterocycles. The summed E-state index contributed by atoms with van der Waals surface area (Å²) >= 11 is 0. The van der Waals surface area contributed by atoms with E-state index in [0.717, 1.165) is 18.2 Å². The molecule has 0 saturated carbocycles. The van der Waals surface area contributed by atoms with E-state index in [4.69, 9.17) is 14.4 Å². The van der Waals surface area contributed by atoms with E-state index in [1.54, 1.807) is 0 Å². The summed E-state index contributed by atoms with van der Waals surface area (Å²) in [6, 6.07) is 2.63. The third-order valence-electron chi connectivity index (χ3n) is 1.67.